The van der Waals surface area contributed by atoms with Crippen molar-refractivity contribution in [3.05, 3.63) is 24.0 Å². The molecule has 4 nitrogen and oxygen atoms in total. The normalized spacial score (nSPS) is 9.42. The van der Waals surface area contributed by atoms with Gasteiger partial charge in [0.15, 0.2) is 0 Å². The Kier molecular flexibility index (Phi) is 2.63. The number of carbonyl (C=O) groups is 1. The fourth-order valence-corrected chi connectivity index (χ4v) is 0.847. The average molecular weight is 167 g/mol. The molecule has 1 aromatic rings. The zero-order chi connectivity index (χ0) is 8.97. The van der Waals surface area contributed by atoms with Gasteiger partial charge in [0.1, 0.15) is 5.75 Å². The maximum absolute atomic E-state index is 10.3. The molecule has 0 aromatic carbocycles. The molecule has 0 spiro atoms. The number of rotatable bonds is 3. The van der Waals surface area contributed by atoms with Gasteiger partial charge in [-0.15, -0.1) is 0 Å². The van der Waals surface area contributed by atoms with E-state index in [4.69, 9.17) is 9.84 Å². The lowest BCUT2D eigenvalue weighted by Gasteiger charge is -2.00. The fourth-order valence-electron chi connectivity index (χ4n) is 0.847. The maximum Gasteiger partial charge on any atom is 0.307 e. The number of methoxy groups -OCH3 is 1. The number of carboxylic acids is 1. The third-order valence-corrected chi connectivity index (χ3v) is 1.36. The summed E-state index contributed by atoms with van der Waals surface area (Å²) in [6.45, 7) is 0. The molecular weight excluding hydrogens is 158 g/mol. The minimum atomic E-state index is -0.870. The number of hydrogen-bond acceptors (Lipinski definition) is 3. The summed E-state index contributed by atoms with van der Waals surface area (Å²) < 4.78 is 4.88. The lowest BCUT2D eigenvalue weighted by Crippen LogP contribution is -2.00. The van der Waals surface area contributed by atoms with Crippen LogP contribution < -0.4 is 4.74 Å². The van der Waals surface area contributed by atoms with Crippen LogP contribution in [0.15, 0.2) is 18.5 Å². The molecule has 0 saturated heterocycles. The lowest BCUT2D eigenvalue weighted by molar-refractivity contribution is -0.136. The molecule has 0 aliphatic rings. The van der Waals surface area contributed by atoms with Gasteiger partial charge < -0.3 is 9.84 Å². The summed E-state index contributed by atoms with van der Waals surface area (Å²) in [4.78, 5) is 14.1. The van der Waals surface area contributed by atoms with E-state index in [1.807, 2.05) is 0 Å². The van der Waals surface area contributed by atoms with E-state index in [1.54, 1.807) is 6.07 Å². The zero-order valence-electron chi connectivity index (χ0n) is 6.65. The Balaban J connectivity index is 2.79. The van der Waals surface area contributed by atoms with Crippen LogP contribution in [0.3, 0.4) is 0 Å². The van der Waals surface area contributed by atoms with Crippen molar-refractivity contribution in [2.24, 2.45) is 0 Å². The zero-order valence-corrected chi connectivity index (χ0v) is 6.65. The molecule has 0 unspecified atom stereocenters. The second kappa shape index (κ2) is 3.71. The van der Waals surface area contributed by atoms with Crippen molar-refractivity contribution >= 4 is 5.97 Å². The highest BCUT2D eigenvalue weighted by atomic mass is 16.5. The van der Waals surface area contributed by atoms with Gasteiger partial charge in [-0.05, 0) is 11.6 Å². The Bertz CT molecular complexity index is 285. The van der Waals surface area contributed by atoms with Gasteiger partial charge in [0, 0.05) is 6.20 Å². The predicted molar refractivity (Wildman–Crippen MR) is 42.1 cm³/mol. The van der Waals surface area contributed by atoms with Crippen LogP contribution in [0.4, 0.5) is 0 Å². The molecule has 1 rings (SSSR count). The monoisotopic (exact) mass is 167 g/mol. The number of pyridine rings is 1. The van der Waals surface area contributed by atoms with Crippen molar-refractivity contribution in [3.63, 3.8) is 0 Å². The van der Waals surface area contributed by atoms with Crippen molar-refractivity contribution in [2.75, 3.05) is 7.11 Å². The number of carboxylic acid groups (broad SMARTS) is 1. The molecule has 0 amide bonds. The topological polar surface area (TPSA) is 59.4 Å². The minimum absolute atomic E-state index is 0.0236. The maximum atomic E-state index is 10.3. The molecule has 1 N–H and O–H groups in total. The predicted octanol–water partition coefficient (Wildman–Crippen LogP) is 0.717. The van der Waals surface area contributed by atoms with Crippen molar-refractivity contribution in [1.82, 2.24) is 4.98 Å². The van der Waals surface area contributed by atoms with E-state index in [1.165, 1.54) is 19.5 Å². The summed E-state index contributed by atoms with van der Waals surface area (Å²) in [6, 6.07) is 1.65. The number of nitrogens with zero attached hydrogens (tertiary/aromatic N) is 1. The standard InChI is InChI=1S/C8H9NO3/c1-12-7-2-6(3-8(10)11)4-9-5-7/h2,4-5H,3H2,1H3,(H,10,11). The van der Waals surface area contributed by atoms with Crippen molar-refractivity contribution in [1.29, 1.82) is 0 Å². The lowest BCUT2D eigenvalue weighted by atomic mass is 10.2. The van der Waals surface area contributed by atoms with Gasteiger partial charge >= 0.3 is 5.97 Å². The summed E-state index contributed by atoms with van der Waals surface area (Å²) in [5.41, 5.74) is 0.641. The molecule has 64 valence electrons. The van der Waals surface area contributed by atoms with Gasteiger partial charge in [0.2, 0.25) is 0 Å². The largest absolute Gasteiger partial charge is 0.495 e. The van der Waals surface area contributed by atoms with Crippen LogP contribution in [0.5, 0.6) is 5.75 Å². The SMILES string of the molecule is COc1cncc(CC(=O)O)c1. The first-order valence-electron chi connectivity index (χ1n) is 3.42. The summed E-state index contributed by atoms with van der Waals surface area (Å²) in [5.74, 6) is -0.293. The van der Waals surface area contributed by atoms with Crippen molar-refractivity contribution in [2.45, 2.75) is 6.42 Å². The first kappa shape index (κ1) is 8.52. The smallest absolute Gasteiger partial charge is 0.307 e. The second-order valence-corrected chi connectivity index (χ2v) is 2.30. The number of ether oxygens (including phenoxy) is 1. The van der Waals surface area contributed by atoms with Crippen LogP contribution in [0.2, 0.25) is 0 Å². The molecule has 0 fully saturated rings. The molecule has 0 aliphatic heterocycles. The highest BCUT2D eigenvalue weighted by Crippen LogP contribution is 2.10. The molecule has 1 heterocycles. The van der Waals surface area contributed by atoms with E-state index in [9.17, 15) is 4.79 Å². The molecule has 0 saturated carbocycles. The number of aliphatic carboxylic acids is 1. The first-order valence-corrected chi connectivity index (χ1v) is 3.42. The molecule has 1 aromatic heterocycles. The second-order valence-electron chi connectivity index (χ2n) is 2.30. The van der Waals surface area contributed by atoms with Gasteiger partial charge in [-0.2, -0.15) is 0 Å². The van der Waals surface area contributed by atoms with Crippen LogP contribution in [0.25, 0.3) is 0 Å². The third kappa shape index (κ3) is 2.23. The van der Waals surface area contributed by atoms with Gasteiger partial charge in [0.25, 0.3) is 0 Å². The molecule has 0 atom stereocenters. The third-order valence-electron chi connectivity index (χ3n) is 1.36. The molecule has 0 radical (unpaired) electrons. The van der Waals surface area contributed by atoms with Crippen LogP contribution in [-0.2, 0) is 11.2 Å². The van der Waals surface area contributed by atoms with Crippen molar-refractivity contribution < 1.29 is 14.6 Å². The molecular formula is C8H9NO3. The molecule has 4 heteroatoms. The van der Waals surface area contributed by atoms with E-state index in [0.717, 1.165) is 0 Å². The van der Waals surface area contributed by atoms with E-state index >= 15 is 0 Å². The Labute approximate surface area is 69.8 Å². The van der Waals surface area contributed by atoms with Gasteiger partial charge in [-0.1, -0.05) is 0 Å². The Morgan fingerprint density at radius 2 is 2.42 bits per heavy atom. The quantitative estimate of drug-likeness (QED) is 0.720. The van der Waals surface area contributed by atoms with E-state index < -0.39 is 5.97 Å². The summed E-state index contributed by atoms with van der Waals surface area (Å²) in [5, 5.41) is 8.46. The Hall–Kier alpha value is -1.58. The van der Waals surface area contributed by atoms with Crippen LogP contribution in [0.1, 0.15) is 5.56 Å². The summed E-state index contributed by atoms with van der Waals surface area (Å²) in [6.07, 6.45) is 3.02. The van der Waals surface area contributed by atoms with Crippen LogP contribution in [-0.4, -0.2) is 23.2 Å². The van der Waals surface area contributed by atoms with Crippen molar-refractivity contribution in [3.8, 4) is 5.75 Å². The summed E-state index contributed by atoms with van der Waals surface area (Å²) in [7, 11) is 1.52. The fraction of sp³-hybridized carbons (Fsp3) is 0.250. The summed E-state index contributed by atoms with van der Waals surface area (Å²) >= 11 is 0. The van der Waals surface area contributed by atoms with E-state index in [-0.39, 0.29) is 6.42 Å². The highest BCUT2D eigenvalue weighted by molar-refractivity contribution is 5.70. The van der Waals surface area contributed by atoms with Gasteiger partial charge in [-0.25, -0.2) is 0 Å². The van der Waals surface area contributed by atoms with Gasteiger partial charge in [-0.3, -0.25) is 9.78 Å². The Morgan fingerprint density at radius 3 is 3.00 bits per heavy atom. The highest BCUT2D eigenvalue weighted by Gasteiger charge is 2.01. The number of aromatic nitrogens is 1. The van der Waals surface area contributed by atoms with Crippen LogP contribution in [0, 0.1) is 0 Å². The van der Waals surface area contributed by atoms with Gasteiger partial charge in [0.05, 0.1) is 19.7 Å². The van der Waals surface area contributed by atoms with E-state index in [2.05, 4.69) is 4.98 Å². The first-order chi connectivity index (χ1) is 5.72. The molecule has 12 heavy (non-hydrogen) atoms. The van der Waals surface area contributed by atoms with Crippen LogP contribution >= 0.6 is 0 Å². The Morgan fingerprint density at radius 1 is 1.67 bits per heavy atom. The molecule has 0 bridgehead atoms. The average Bonchev–Trinajstić information content (AvgIpc) is 2.03. The number of hydrogen-bond donors (Lipinski definition) is 1. The van der Waals surface area contributed by atoms with E-state index in [0.29, 0.717) is 11.3 Å². The molecule has 0 aliphatic carbocycles. The minimum Gasteiger partial charge on any atom is -0.495 e.